The molecule has 0 unspecified atom stereocenters. The van der Waals surface area contributed by atoms with Gasteiger partial charge in [0.25, 0.3) is 0 Å². The van der Waals surface area contributed by atoms with Gasteiger partial charge in [-0.3, -0.25) is 0 Å². The molecule has 1 fully saturated rings. The third kappa shape index (κ3) is 1.08. The highest BCUT2D eigenvalue weighted by Gasteiger charge is 2.43. The second kappa shape index (κ2) is 2.23. The monoisotopic (exact) mass is 164 g/mol. The van der Waals surface area contributed by atoms with E-state index in [1.54, 1.807) is 0 Å². The van der Waals surface area contributed by atoms with Gasteiger partial charge in [0.15, 0.2) is 5.82 Å². The lowest BCUT2D eigenvalue weighted by atomic mass is 10.2. The first-order valence-corrected chi connectivity index (χ1v) is 4.09. The lowest BCUT2D eigenvalue weighted by Crippen LogP contribution is -2.23. The Balaban J connectivity index is 2.41. The van der Waals surface area contributed by atoms with E-state index >= 15 is 0 Å². The summed E-state index contributed by atoms with van der Waals surface area (Å²) in [4.78, 5) is 4.31. The summed E-state index contributed by atoms with van der Waals surface area (Å²) in [7, 11) is 0. The smallest absolute Gasteiger partial charge is 0.171 e. The zero-order valence-corrected chi connectivity index (χ0v) is 7.33. The van der Waals surface area contributed by atoms with E-state index in [0.29, 0.717) is 5.82 Å². The van der Waals surface area contributed by atoms with Gasteiger partial charge in [-0.05, 0) is 26.7 Å². The van der Waals surface area contributed by atoms with Gasteiger partial charge in [0, 0.05) is 0 Å². The van der Waals surface area contributed by atoms with Crippen LogP contribution in [0, 0.1) is 13.8 Å². The fourth-order valence-corrected chi connectivity index (χ4v) is 1.03. The normalized spacial score (nSPS) is 19.2. The van der Waals surface area contributed by atoms with E-state index in [1.165, 1.54) is 0 Å². The minimum Gasteiger partial charge on any atom is -0.319 e. The molecule has 1 aromatic rings. The van der Waals surface area contributed by atoms with Crippen LogP contribution in [0.15, 0.2) is 0 Å². The van der Waals surface area contributed by atoms with Crippen LogP contribution in [0.25, 0.3) is 0 Å². The number of aromatic nitrogens is 3. The van der Waals surface area contributed by atoms with Crippen molar-refractivity contribution in [1.29, 1.82) is 0 Å². The molecule has 0 saturated heterocycles. The predicted molar refractivity (Wildman–Crippen MR) is 44.4 cm³/mol. The van der Waals surface area contributed by atoms with Gasteiger partial charge in [-0.15, -0.1) is 5.10 Å². The number of hydrogen-bond donors (Lipinski definition) is 1. The Kier molecular flexibility index (Phi) is 1.41. The fraction of sp³-hybridized carbons (Fsp3) is 0.625. The van der Waals surface area contributed by atoms with Crippen molar-refractivity contribution in [3.8, 4) is 0 Å². The van der Waals surface area contributed by atoms with Gasteiger partial charge < -0.3 is 5.73 Å². The van der Waals surface area contributed by atoms with Crippen molar-refractivity contribution < 1.29 is 0 Å². The van der Waals surface area contributed by atoms with Crippen molar-refractivity contribution in [3.63, 3.8) is 0 Å². The van der Waals surface area contributed by atoms with Crippen molar-refractivity contribution in [3.05, 3.63) is 17.2 Å². The molecule has 0 aromatic carbocycles. The molecule has 64 valence electrons. The summed E-state index contributed by atoms with van der Waals surface area (Å²) in [6.07, 6.45) is 1.97. The quantitative estimate of drug-likeness (QED) is 0.654. The van der Waals surface area contributed by atoms with E-state index in [2.05, 4.69) is 15.2 Å². The molecule has 1 aromatic heterocycles. The molecule has 2 rings (SSSR count). The Hall–Kier alpha value is -1.03. The van der Waals surface area contributed by atoms with Crippen LogP contribution in [0.1, 0.15) is 30.1 Å². The third-order valence-electron chi connectivity index (χ3n) is 2.33. The molecule has 12 heavy (non-hydrogen) atoms. The summed E-state index contributed by atoms with van der Waals surface area (Å²) >= 11 is 0. The zero-order valence-electron chi connectivity index (χ0n) is 7.33. The molecule has 2 N–H and O–H groups in total. The van der Waals surface area contributed by atoms with E-state index in [0.717, 1.165) is 24.2 Å². The summed E-state index contributed by atoms with van der Waals surface area (Å²) in [6, 6.07) is 0. The highest BCUT2D eigenvalue weighted by molar-refractivity contribution is 5.16. The fourth-order valence-electron chi connectivity index (χ4n) is 1.03. The molecule has 1 saturated carbocycles. The Morgan fingerprint density at radius 3 is 2.33 bits per heavy atom. The predicted octanol–water partition coefficient (Wildman–Crippen LogP) is 0.436. The topological polar surface area (TPSA) is 64.7 Å². The van der Waals surface area contributed by atoms with Crippen LogP contribution in [0.2, 0.25) is 0 Å². The van der Waals surface area contributed by atoms with E-state index in [9.17, 15) is 0 Å². The van der Waals surface area contributed by atoms with Crippen molar-refractivity contribution in [2.75, 3.05) is 0 Å². The molecule has 4 nitrogen and oxygen atoms in total. The first-order valence-electron chi connectivity index (χ1n) is 4.09. The van der Waals surface area contributed by atoms with Crippen LogP contribution in [-0.4, -0.2) is 15.2 Å². The van der Waals surface area contributed by atoms with E-state index in [1.807, 2.05) is 13.8 Å². The standard InChI is InChI=1S/C8H12N4/c1-5-6(2)11-12-7(10-5)8(9)3-4-8/h3-4,9H2,1-2H3. The maximum atomic E-state index is 5.92. The Bertz CT molecular complexity index is 317. The highest BCUT2D eigenvalue weighted by atomic mass is 15.2. The molecule has 1 aliphatic carbocycles. The molecule has 4 heteroatoms. The largest absolute Gasteiger partial charge is 0.319 e. The van der Waals surface area contributed by atoms with Crippen molar-refractivity contribution >= 4 is 0 Å². The summed E-state index contributed by atoms with van der Waals surface area (Å²) in [5, 5.41) is 7.98. The zero-order chi connectivity index (χ0) is 8.77. The van der Waals surface area contributed by atoms with Crippen LogP contribution >= 0.6 is 0 Å². The Morgan fingerprint density at radius 1 is 1.17 bits per heavy atom. The van der Waals surface area contributed by atoms with Crippen LogP contribution in [0.4, 0.5) is 0 Å². The molecule has 0 radical (unpaired) electrons. The third-order valence-corrected chi connectivity index (χ3v) is 2.33. The number of aryl methyl sites for hydroxylation is 2. The molecule has 0 amide bonds. The molecule has 0 aliphatic heterocycles. The average Bonchev–Trinajstić information content (AvgIpc) is 2.75. The van der Waals surface area contributed by atoms with Crippen LogP contribution < -0.4 is 5.73 Å². The van der Waals surface area contributed by atoms with Crippen molar-refractivity contribution in [2.24, 2.45) is 5.73 Å². The minimum atomic E-state index is -0.258. The van der Waals surface area contributed by atoms with Crippen molar-refractivity contribution in [2.45, 2.75) is 32.2 Å². The first-order chi connectivity index (χ1) is 5.62. The van der Waals surface area contributed by atoms with Gasteiger partial charge in [0.1, 0.15) is 0 Å². The molecular weight excluding hydrogens is 152 g/mol. The molecular formula is C8H12N4. The van der Waals surface area contributed by atoms with E-state index in [-0.39, 0.29) is 5.54 Å². The van der Waals surface area contributed by atoms with Gasteiger partial charge in [-0.1, -0.05) is 0 Å². The van der Waals surface area contributed by atoms with Crippen molar-refractivity contribution in [1.82, 2.24) is 15.2 Å². The lowest BCUT2D eigenvalue weighted by molar-refractivity contribution is 0.637. The first kappa shape index (κ1) is 7.61. The number of rotatable bonds is 1. The van der Waals surface area contributed by atoms with Gasteiger partial charge in [0.2, 0.25) is 0 Å². The second-order valence-electron chi connectivity index (χ2n) is 3.46. The number of nitrogens with zero attached hydrogens (tertiary/aromatic N) is 3. The van der Waals surface area contributed by atoms with Crippen LogP contribution in [-0.2, 0) is 5.54 Å². The second-order valence-corrected chi connectivity index (χ2v) is 3.46. The minimum absolute atomic E-state index is 0.258. The summed E-state index contributed by atoms with van der Waals surface area (Å²) in [5.41, 5.74) is 7.47. The molecule has 1 aliphatic rings. The Labute approximate surface area is 71.2 Å². The van der Waals surface area contributed by atoms with Crippen LogP contribution in [0.5, 0.6) is 0 Å². The van der Waals surface area contributed by atoms with Gasteiger partial charge in [0.05, 0.1) is 16.9 Å². The summed E-state index contributed by atoms with van der Waals surface area (Å²) in [5.74, 6) is 0.700. The number of hydrogen-bond acceptors (Lipinski definition) is 4. The van der Waals surface area contributed by atoms with Gasteiger partial charge >= 0.3 is 0 Å². The average molecular weight is 164 g/mol. The van der Waals surface area contributed by atoms with Crippen LogP contribution in [0.3, 0.4) is 0 Å². The lowest BCUT2D eigenvalue weighted by Gasteiger charge is -2.06. The van der Waals surface area contributed by atoms with Gasteiger partial charge in [-0.2, -0.15) is 5.10 Å². The number of nitrogens with two attached hydrogens (primary N) is 1. The molecule has 0 spiro atoms. The SMILES string of the molecule is Cc1nnc(C2(N)CC2)nc1C. The maximum absolute atomic E-state index is 5.92. The maximum Gasteiger partial charge on any atom is 0.171 e. The highest BCUT2D eigenvalue weighted by Crippen LogP contribution is 2.40. The summed E-state index contributed by atoms with van der Waals surface area (Å²) in [6.45, 7) is 3.83. The molecule has 0 bridgehead atoms. The molecule has 1 heterocycles. The Morgan fingerprint density at radius 2 is 1.83 bits per heavy atom. The summed E-state index contributed by atoms with van der Waals surface area (Å²) < 4.78 is 0. The van der Waals surface area contributed by atoms with E-state index in [4.69, 9.17) is 5.73 Å². The van der Waals surface area contributed by atoms with E-state index < -0.39 is 0 Å². The molecule has 0 atom stereocenters. The van der Waals surface area contributed by atoms with Gasteiger partial charge in [-0.25, -0.2) is 4.98 Å².